The van der Waals surface area contributed by atoms with Crippen LogP contribution in [0.2, 0.25) is 0 Å². The second-order valence-electron chi connectivity index (χ2n) is 4.86. The van der Waals surface area contributed by atoms with Crippen molar-refractivity contribution in [2.45, 2.75) is 18.9 Å². The fourth-order valence-electron chi connectivity index (χ4n) is 1.93. The molecule has 100 valence electrons. The first-order chi connectivity index (χ1) is 8.66. The van der Waals surface area contributed by atoms with Gasteiger partial charge >= 0.3 is 0 Å². The maximum Gasteiger partial charge on any atom is 0.161 e. The molecule has 0 radical (unpaired) electrons. The monoisotopic (exact) mass is 251 g/mol. The van der Waals surface area contributed by atoms with Crippen LogP contribution in [0.5, 0.6) is 11.5 Å². The zero-order valence-electron chi connectivity index (χ0n) is 11.1. The van der Waals surface area contributed by atoms with E-state index in [-0.39, 0.29) is 0 Å². The van der Waals surface area contributed by atoms with Gasteiger partial charge in [0.2, 0.25) is 0 Å². The van der Waals surface area contributed by atoms with Crippen molar-refractivity contribution >= 4 is 0 Å². The Morgan fingerprint density at radius 3 is 2.67 bits per heavy atom. The Balaban J connectivity index is 2.07. The lowest BCUT2D eigenvalue weighted by Gasteiger charge is -2.16. The van der Waals surface area contributed by atoms with E-state index in [0.29, 0.717) is 19.6 Å². The van der Waals surface area contributed by atoms with Gasteiger partial charge in [-0.25, -0.2) is 0 Å². The number of hydrogen-bond acceptors (Lipinski definition) is 4. The number of aliphatic hydroxyl groups excluding tert-OH is 1. The highest BCUT2D eigenvalue weighted by Crippen LogP contribution is 2.32. The minimum absolute atomic E-state index is 0.454. The van der Waals surface area contributed by atoms with Crippen LogP contribution in [-0.2, 0) is 0 Å². The summed E-state index contributed by atoms with van der Waals surface area (Å²) in [5.41, 5.74) is 0.890. The molecule has 1 aromatic rings. The molecule has 2 rings (SSSR count). The Morgan fingerprint density at radius 2 is 1.94 bits per heavy atom. The maximum absolute atomic E-state index is 10.1. The molecular weight excluding hydrogens is 230 g/mol. The molecule has 0 amide bonds. The second kappa shape index (κ2) is 6.07. The van der Waals surface area contributed by atoms with E-state index >= 15 is 0 Å². The van der Waals surface area contributed by atoms with E-state index in [1.165, 1.54) is 0 Å². The predicted molar refractivity (Wildman–Crippen MR) is 70.2 cm³/mol. The van der Waals surface area contributed by atoms with Crippen LogP contribution in [0.1, 0.15) is 24.5 Å². The van der Waals surface area contributed by atoms with Gasteiger partial charge in [-0.3, -0.25) is 0 Å². The Morgan fingerprint density at radius 1 is 1.22 bits per heavy atom. The molecule has 1 aliphatic rings. The molecule has 1 N–H and O–H groups in total. The van der Waals surface area contributed by atoms with Crippen molar-refractivity contribution in [2.24, 2.45) is 0 Å². The molecule has 0 aromatic heterocycles. The third-order valence-corrected chi connectivity index (χ3v) is 3.01. The Labute approximate surface area is 108 Å². The van der Waals surface area contributed by atoms with Crippen molar-refractivity contribution in [2.75, 3.05) is 33.9 Å². The normalized spacial score (nSPS) is 16.4. The largest absolute Gasteiger partial charge is 0.490 e. The molecule has 0 saturated heterocycles. The van der Waals surface area contributed by atoms with Gasteiger partial charge in [0, 0.05) is 13.0 Å². The van der Waals surface area contributed by atoms with Crippen LogP contribution in [0.25, 0.3) is 0 Å². The number of benzene rings is 1. The summed E-state index contributed by atoms with van der Waals surface area (Å²) in [4.78, 5) is 2.06. The van der Waals surface area contributed by atoms with E-state index in [0.717, 1.165) is 30.0 Å². The average molecular weight is 251 g/mol. The lowest BCUT2D eigenvalue weighted by molar-refractivity contribution is 0.154. The first-order valence-electron chi connectivity index (χ1n) is 6.39. The molecule has 18 heavy (non-hydrogen) atoms. The van der Waals surface area contributed by atoms with E-state index in [1.807, 2.05) is 32.3 Å². The number of ether oxygens (including phenoxy) is 2. The summed E-state index contributed by atoms with van der Waals surface area (Å²) in [5, 5.41) is 10.1. The van der Waals surface area contributed by atoms with Crippen LogP contribution in [0.15, 0.2) is 18.2 Å². The Hall–Kier alpha value is -1.26. The Kier molecular flexibility index (Phi) is 4.44. The fraction of sp³-hybridized carbons (Fsp3) is 0.571. The van der Waals surface area contributed by atoms with Crippen molar-refractivity contribution in [1.29, 1.82) is 0 Å². The second-order valence-corrected chi connectivity index (χ2v) is 4.86. The highest BCUT2D eigenvalue weighted by molar-refractivity contribution is 5.44. The van der Waals surface area contributed by atoms with Gasteiger partial charge < -0.3 is 19.5 Å². The van der Waals surface area contributed by atoms with Gasteiger partial charge in [0.1, 0.15) is 0 Å². The van der Waals surface area contributed by atoms with Gasteiger partial charge in [-0.05, 0) is 38.2 Å². The molecule has 0 spiro atoms. The van der Waals surface area contributed by atoms with Crippen LogP contribution in [-0.4, -0.2) is 43.9 Å². The number of nitrogens with zero attached hydrogens (tertiary/aromatic N) is 1. The zero-order valence-corrected chi connectivity index (χ0v) is 11.1. The fourth-order valence-corrected chi connectivity index (χ4v) is 1.93. The molecule has 0 saturated carbocycles. The van der Waals surface area contributed by atoms with Crippen molar-refractivity contribution < 1.29 is 14.6 Å². The van der Waals surface area contributed by atoms with Gasteiger partial charge in [0.25, 0.3) is 0 Å². The van der Waals surface area contributed by atoms with Crippen LogP contribution >= 0.6 is 0 Å². The molecule has 0 fully saturated rings. The van der Waals surface area contributed by atoms with Crippen LogP contribution in [0.4, 0.5) is 0 Å². The van der Waals surface area contributed by atoms with Gasteiger partial charge in [0.05, 0.1) is 19.3 Å². The van der Waals surface area contributed by atoms with Crippen molar-refractivity contribution in [3.05, 3.63) is 23.8 Å². The van der Waals surface area contributed by atoms with Crippen LogP contribution in [0.3, 0.4) is 0 Å². The molecule has 4 nitrogen and oxygen atoms in total. The highest BCUT2D eigenvalue weighted by atomic mass is 16.5. The molecule has 1 aromatic carbocycles. The SMILES string of the molecule is CN(C)CC[C@H](O)c1ccc2c(c1)OCCCO2. The lowest BCUT2D eigenvalue weighted by atomic mass is 10.1. The van der Waals surface area contributed by atoms with Gasteiger partial charge in [-0.1, -0.05) is 6.07 Å². The molecule has 1 heterocycles. The summed E-state index contributed by atoms with van der Waals surface area (Å²) in [6.07, 6.45) is 1.16. The highest BCUT2D eigenvalue weighted by Gasteiger charge is 2.14. The number of rotatable bonds is 4. The average Bonchev–Trinajstić information content (AvgIpc) is 2.60. The van der Waals surface area contributed by atoms with E-state index in [1.54, 1.807) is 0 Å². The summed E-state index contributed by atoms with van der Waals surface area (Å²) in [6.45, 7) is 2.22. The topological polar surface area (TPSA) is 41.9 Å². The first-order valence-corrected chi connectivity index (χ1v) is 6.39. The minimum Gasteiger partial charge on any atom is -0.490 e. The molecule has 0 aliphatic carbocycles. The molecule has 4 heteroatoms. The van der Waals surface area contributed by atoms with Crippen molar-refractivity contribution in [1.82, 2.24) is 4.90 Å². The summed E-state index contributed by atoms with van der Waals surface area (Å²) < 4.78 is 11.2. The summed E-state index contributed by atoms with van der Waals surface area (Å²) in [6, 6.07) is 5.68. The van der Waals surface area contributed by atoms with E-state index in [2.05, 4.69) is 4.90 Å². The number of fused-ring (bicyclic) bond motifs is 1. The molecule has 0 unspecified atom stereocenters. The summed E-state index contributed by atoms with van der Waals surface area (Å²) >= 11 is 0. The third-order valence-electron chi connectivity index (χ3n) is 3.01. The van der Waals surface area contributed by atoms with Crippen LogP contribution < -0.4 is 9.47 Å². The van der Waals surface area contributed by atoms with Gasteiger partial charge in [-0.2, -0.15) is 0 Å². The van der Waals surface area contributed by atoms with Crippen LogP contribution in [0, 0.1) is 0 Å². The van der Waals surface area contributed by atoms with Gasteiger partial charge in [-0.15, -0.1) is 0 Å². The molecule has 1 atom stereocenters. The van der Waals surface area contributed by atoms with E-state index in [4.69, 9.17) is 9.47 Å². The molecule has 1 aliphatic heterocycles. The summed E-state index contributed by atoms with van der Waals surface area (Å²) in [7, 11) is 4.00. The smallest absolute Gasteiger partial charge is 0.161 e. The van der Waals surface area contributed by atoms with E-state index in [9.17, 15) is 5.11 Å². The van der Waals surface area contributed by atoms with Gasteiger partial charge in [0.15, 0.2) is 11.5 Å². The zero-order chi connectivity index (χ0) is 13.0. The minimum atomic E-state index is -0.454. The molecule has 0 bridgehead atoms. The van der Waals surface area contributed by atoms with Crippen molar-refractivity contribution in [3.8, 4) is 11.5 Å². The lowest BCUT2D eigenvalue weighted by Crippen LogP contribution is -2.15. The van der Waals surface area contributed by atoms with E-state index < -0.39 is 6.10 Å². The predicted octanol–water partition coefficient (Wildman–Crippen LogP) is 1.83. The maximum atomic E-state index is 10.1. The van der Waals surface area contributed by atoms with Crippen molar-refractivity contribution in [3.63, 3.8) is 0 Å². The standard InChI is InChI=1S/C14H21NO3/c1-15(2)7-6-12(16)11-4-5-13-14(10-11)18-9-3-8-17-13/h4-5,10,12,16H,3,6-9H2,1-2H3/t12-/m0/s1. The quantitative estimate of drug-likeness (QED) is 0.886. The molecular formula is C14H21NO3. The number of aliphatic hydroxyl groups is 1. The Bertz CT molecular complexity index is 393. The first kappa shape index (κ1) is 13.2. The number of hydrogen-bond donors (Lipinski definition) is 1. The summed E-state index contributed by atoms with van der Waals surface area (Å²) in [5.74, 6) is 1.52. The third kappa shape index (κ3) is 3.37.